The van der Waals surface area contributed by atoms with E-state index in [1.54, 1.807) is 19.2 Å². The van der Waals surface area contributed by atoms with Gasteiger partial charge in [-0.2, -0.15) is 0 Å². The number of pyridine rings is 2. The van der Waals surface area contributed by atoms with Crippen molar-refractivity contribution >= 4 is 43.0 Å². The van der Waals surface area contributed by atoms with Crippen LogP contribution in [0.2, 0.25) is 0 Å². The minimum Gasteiger partial charge on any atom is -0.497 e. The largest absolute Gasteiger partial charge is 0.497 e. The van der Waals surface area contributed by atoms with E-state index in [9.17, 15) is 13.2 Å². The van der Waals surface area contributed by atoms with Crippen LogP contribution >= 0.6 is 11.3 Å². The molecule has 0 aliphatic rings. The lowest BCUT2D eigenvalue weighted by molar-refractivity contribution is -0.134. The summed E-state index contributed by atoms with van der Waals surface area (Å²) in [5.74, 6) is -0.172. The average molecular weight is 499 g/mol. The van der Waals surface area contributed by atoms with Crippen molar-refractivity contribution in [3.8, 4) is 5.75 Å². The number of aliphatic carboxylic acids is 1. The van der Waals surface area contributed by atoms with Gasteiger partial charge in [0.05, 0.1) is 17.7 Å². The summed E-state index contributed by atoms with van der Waals surface area (Å²) in [4.78, 5) is 18.0. The van der Waals surface area contributed by atoms with Crippen molar-refractivity contribution < 1.29 is 23.1 Å². The Bertz CT molecular complexity index is 1440. The highest BCUT2D eigenvalue weighted by molar-refractivity contribution is 7.92. The number of fused-ring (bicyclic) bond motifs is 1. The first kappa shape index (κ1) is 23.6. The maximum atomic E-state index is 13.8. The van der Waals surface area contributed by atoms with E-state index in [-0.39, 0.29) is 29.4 Å². The molecule has 3 heterocycles. The van der Waals surface area contributed by atoms with Gasteiger partial charge in [0.15, 0.2) is 4.87 Å². The molecule has 0 spiro atoms. The number of benzene rings is 1. The topological polar surface area (TPSA) is 144 Å². The molecular weight excluding hydrogens is 476 g/mol. The van der Waals surface area contributed by atoms with Gasteiger partial charge < -0.3 is 20.9 Å². The number of thiophene rings is 1. The number of hydrogen-bond acceptors (Lipinski definition) is 9. The lowest BCUT2D eigenvalue weighted by Gasteiger charge is -2.28. The van der Waals surface area contributed by atoms with Crippen LogP contribution in [0.4, 0.5) is 5.82 Å². The van der Waals surface area contributed by atoms with Crippen molar-refractivity contribution in [2.75, 3.05) is 19.0 Å². The van der Waals surface area contributed by atoms with E-state index < -0.39 is 20.7 Å². The quantitative estimate of drug-likeness (QED) is 0.317. The molecule has 3 aromatic heterocycles. The molecule has 4 N–H and O–H groups in total. The number of aromatic nitrogens is 2. The number of methoxy groups -OCH3 is 1. The van der Waals surface area contributed by atoms with E-state index in [4.69, 9.17) is 15.6 Å². The van der Waals surface area contributed by atoms with E-state index >= 15 is 0 Å². The van der Waals surface area contributed by atoms with Crippen LogP contribution in [0, 0.1) is 0 Å². The fourth-order valence-corrected chi connectivity index (χ4v) is 6.41. The highest BCUT2D eigenvalue weighted by atomic mass is 32.2. The van der Waals surface area contributed by atoms with Crippen molar-refractivity contribution in [1.82, 2.24) is 9.97 Å². The fourth-order valence-electron chi connectivity index (χ4n) is 3.51. The lowest BCUT2D eigenvalue weighted by atomic mass is 10.1. The summed E-state index contributed by atoms with van der Waals surface area (Å²) < 4.78 is 33.9. The Morgan fingerprint density at radius 1 is 1.21 bits per heavy atom. The molecule has 9 nitrogen and oxygen atoms in total. The fraction of sp³-hybridized carbons (Fsp3) is 0.174. The van der Waals surface area contributed by atoms with Crippen molar-refractivity contribution in [3.05, 3.63) is 77.6 Å². The van der Waals surface area contributed by atoms with Crippen molar-refractivity contribution in [2.45, 2.75) is 16.2 Å². The molecule has 34 heavy (non-hydrogen) atoms. The second-order valence-electron chi connectivity index (χ2n) is 7.53. The number of hydrogen-bond donors (Lipinski definition) is 3. The summed E-state index contributed by atoms with van der Waals surface area (Å²) in [6.45, 7) is -0.373. The molecule has 1 atom stereocenters. The van der Waals surface area contributed by atoms with Gasteiger partial charge in [-0.3, -0.25) is 9.78 Å². The molecule has 0 aliphatic heterocycles. The van der Waals surface area contributed by atoms with Crippen LogP contribution in [0.1, 0.15) is 10.6 Å². The zero-order chi connectivity index (χ0) is 24.3. The second kappa shape index (κ2) is 9.37. The van der Waals surface area contributed by atoms with E-state index in [0.29, 0.717) is 5.75 Å². The standard InChI is InChI=1S/C23H22N4O5S2/c1-32-16-8-7-15-10-17(33-19(15)11-16)12-23(24,34(30,31)18-4-3-9-25-13-18)20-5-2-6-21(27-20)26-14-22(28)29/h2-11,13H,12,14,24H2,1H3,(H,26,27)(H,28,29). The van der Waals surface area contributed by atoms with Gasteiger partial charge in [0.25, 0.3) is 0 Å². The number of carbonyl (C=O) groups is 1. The third-order valence-corrected chi connectivity index (χ3v) is 8.52. The van der Waals surface area contributed by atoms with Gasteiger partial charge in [-0.1, -0.05) is 6.07 Å². The maximum absolute atomic E-state index is 13.8. The number of carboxylic acid groups (broad SMARTS) is 1. The first-order valence-corrected chi connectivity index (χ1v) is 12.5. The molecule has 176 valence electrons. The molecule has 1 unspecified atom stereocenters. The van der Waals surface area contributed by atoms with E-state index in [1.165, 1.54) is 41.9 Å². The number of ether oxygens (including phenoxy) is 1. The van der Waals surface area contributed by atoms with Gasteiger partial charge in [-0.05, 0) is 53.9 Å². The van der Waals surface area contributed by atoms with Crippen molar-refractivity contribution in [1.29, 1.82) is 0 Å². The first-order valence-electron chi connectivity index (χ1n) is 10.2. The van der Waals surface area contributed by atoms with E-state index in [2.05, 4.69) is 15.3 Å². The summed E-state index contributed by atoms with van der Waals surface area (Å²) >= 11 is 1.42. The zero-order valence-corrected chi connectivity index (χ0v) is 19.8. The molecule has 0 amide bonds. The summed E-state index contributed by atoms with van der Waals surface area (Å²) in [5.41, 5.74) is 6.81. The van der Waals surface area contributed by atoms with Crippen LogP contribution in [0.3, 0.4) is 0 Å². The Morgan fingerprint density at radius 3 is 2.74 bits per heavy atom. The van der Waals surface area contributed by atoms with Gasteiger partial charge in [-0.15, -0.1) is 11.3 Å². The Labute approximate surface area is 200 Å². The van der Waals surface area contributed by atoms with Crippen LogP contribution < -0.4 is 15.8 Å². The van der Waals surface area contributed by atoms with Gasteiger partial charge in [-0.25, -0.2) is 13.4 Å². The summed E-state index contributed by atoms with van der Waals surface area (Å²) in [6, 6.07) is 15.1. The smallest absolute Gasteiger partial charge is 0.322 e. The summed E-state index contributed by atoms with van der Waals surface area (Å²) in [5, 5.41) is 12.6. The molecule has 0 aliphatic carbocycles. The third kappa shape index (κ3) is 4.58. The van der Waals surface area contributed by atoms with Crippen LogP contribution in [0.25, 0.3) is 10.1 Å². The SMILES string of the molecule is COc1ccc2cc(CC(N)(c3cccc(NCC(=O)O)n3)S(=O)(=O)c3cccnc3)sc2c1. The van der Waals surface area contributed by atoms with Gasteiger partial charge in [0, 0.05) is 28.4 Å². The average Bonchev–Trinajstić information content (AvgIpc) is 3.24. The highest BCUT2D eigenvalue weighted by Crippen LogP contribution is 2.37. The molecule has 4 aromatic rings. The molecule has 0 bridgehead atoms. The molecular formula is C23H22N4O5S2. The van der Waals surface area contributed by atoms with Gasteiger partial charge >= 0.3 is 5.97 Å². The lowest BCUT2D eigenvalue weighted by Crippen LogP contribution is -2.47. The number of carboxylic acids is 1. The number of sulfone groups is 1. The summed E-state index contributed by atoms with van der Waals surface area (Å²) in [7, 11) is -2.58. The molecule has 0 saturated carbocycles. The molecule has 0 saturated heterocycles. The van der Waals surface area contributed by atoms with Crippen LogP contribution in [0.15, 0.2) is 71.9 Å². The van der Waals surface area contributed by atoms with E-state index in [0.717, 1.165) is 15.0 Å². The Balaban J connectivity index is 1.82. The Morgan fingerprint density at radius 2 is 2.03 bits per heavy atom. The second-order valence-corrected chi connectivity index (χ2v) is 10.9. The normalized spacial score (nSPS) is 13.4. The number of nitrogens with two attached hydrogens (primary N) is 1. The maximum Gasteiger partial charge on any atom is 0.322 e. The molecule has 11 heteroatoms. The first-order chi connectivity index (χ1) is 16.2. The minimum absolute atomic E-state index is 0.0361. The zero-order valence-electron chi connectivity index (χ0n) is 18.1. The van der Waals surface area contributed by atoms with Gasteiger partial charge in [0.2, 0.25) is 9.84 Å². The van der Waals surface area contributed by atoms with Crippen LogP contribution in [-0.4, -0.2) is 43.1 Å². The van der Waals surface area contributed by atoms with E-state index in [1.807, 2.05) is 24.3 Å². The monoisotopic (exact) mass is 498 g/mol. The Kier molecular flexibility index (Phi) is 6.51. The molecule has 4 rings (SSSR count). The molecule has 0 fully saturated rings. The number of anilines is 1. The van der Waals surface area contributed by atoms with Crippen molar-refractivity contribution in [2.24, 2.45) is 5.73 Å². The predicted molar refractivity (Wildman–Crippen MR) is 130 cm³/mol. The highest BCUT2D eigenvalue weighted by Gasteiger charge is 2.45. The van der Waals surface area contributed by atoms with Crippen LogP contribution in [0.5, 0.6) is 5.75 Å². The number of nitrogens with zero attached hydrogens (tertiary/aromatic N) is 2. The van der Waals surface area contributed by atoms with Crippen LogP contribution in [-0.2, 0) is 25.9 Å². The minimum atomic E-state index is -4.16. The summed E-state index contributed by atoms with van der Waals surface area (Å²) in [6.07, 6.45) is 2.67. The predicted octanol–water partition coefficient (Wildman–Crippen LogP) is 3.02. The Hall–Kier alpha value is -3.54. The number of nitrogens with one attached hydrogen (secondary N) is 1. The number of rotatable bonds is 9. The molecule has 0 radical (unpaired) electrons. The van der Waals surface area contributed by atoms with Gasteiger partial charge in [0.1, 0.15) is 18.1 Å². The third-order valence-electron chi connectivity index (χ3n) is 5.24. The van der Waals surface area contributed by atoms with Crippen molar-refractivity contribution in [3.63, 3.8) is 0 Å². The molecule has 1 aromatic carbocycles.